The summed E-state index contributed by atoms with van der Waals surface area (Å²) in [6, 6.07) is 5.79. The van der Waals surface area contributed by atoms with Gasteiger partial charge in [-0.2, -0.15) is 0 Å². The minimum absolute atomic E-state index is 0.230. The topological polar surface area (TPSA) is 64.7 Å². The maximum Gasteiger partial charge on any atom is 0.160 e. The Kier molecular flexibility index (Phi) is 5.25. The molecule has 0 saturated heterocycles. The zero-order valence-corrected chi connectivity index (χ0v) is 10.6. The van der Waals surface area contributed by atoms with E-state index in [4.69, 9.17) is 15.2 Å². The average Bonchev–Trinajstić information content (AvgIpc) is 2.37. The van der Waals surface area contributed by atoms with Crippen LogP contribution in [0.25, 0.3) is 0 Å². The molecule has 17 heavy (non-hydrogen) atoms. The third-order valence-electron chi connectivity index (χ3n) is 2.87. The third kappa shape index (κ3) is 3.61. The second kappa shape index (κ2) is 6.47. The Balaban J connectivity index is 2.84. The second-order valence-electron chi connectivity index (χ2n) is 4.14. The molecule has 4 heteroatoms. The molecule has 0 spiro atoms. The number of hydrogen-bond donors (Lipinski definition) is 2. The molecule has 0 radical (unpaired) electrons. The molecule has 2 atom stereocenters. The number of nitrogens with two attached hydrogens (primary N) is 1. The van der Waals surface area contributed by atoms with E-state index in [1.54, 1.807) is 14.2 Å². The summed E-state index contributed by atoms with van der Waals surface area (Å²) in [5.74, 6) is 1.65. The number of aliphatic hydroxyl groups is 1. The molecule has 4 nitrogen and oxygen atoms in total. The Morgan fingerprint density at radius 2 is 1.88 bits per heavy atom. The highest BCUT2D eigenvalue weighted by molar-refractivity contribution is 5.43. The Hall–Kier alpha value is -1.26. The monoisotopic (exact) mass is 239 g/mol. The van der Waals surface area contributed by atoms with Gasteiger partial charge in [-0.05, 0) is 30.0 Å². The zero-order chi connectivity index (χ0) is 12.8. The van der Waals surface area contributed by atoms with Crippen LogP contribution in [0.5, 0.6) is 11.5 Å². The van der Waals surface area contributed by atoms with Crippen molar-refractivity contribution in [3.05, 3.63) is 23.8 Å². The van der Waals surface area contributed by atoms with Gasteiger partial charge >= 0.3 is 0 Å². The fraction of sp³-hybridized carbons (Fsp3) is 0.538. The van der Waals surface area contributed by atoms with Crippen molar-refractivity contribution in [1.82, 2.24) is 0 Å². The first-order valence-electron chi connectivity index (χ1n) is 5.72. The SMILES string of the molecule is COc1ccc(C(C)CC(O)CN)cc1OC. The van der Waals surface area contributed by atoms with E-state index in [0.29, 0.717) is 17.9 Å². The van der Waals surface area contributed by atoms with E-state index in [0.717, 1.165) is 5.56 Å². The first kappa shape index (κ1) is 13.8. The van der Waals surface area contributed by atoms with Crippen LogP contribution in [0.4, 0.5) is 0 Å². The van der Waals surface area contributed by atoms with Crippen molar-refractivity contribution in [2.75, 3.05) is 20.8 Å². The van der Waals surface area contributed by atoms with Crippen LogP contribution in [-0.2, 0) is 0 Å². The molecule has 0 saturated carbocycles. The van der Waals surface area contributed by atoms with Gasteiger partial charge in [0.1, 0.15) is 0 Å². The predicted molar refractivity (Wildman–Crippen MR) is 67.6 cm³/mol. The van der Waals surface area contributed by atoms with Gasteiger partial charge in [-0.1, -0.05) is 13.0 Å². The van der Waals surface area contributed by atoms with Crippen molar-refractivity contribution in [2.45, 2.75) is 25.4 Å². The van der Waals surface area contributed by atoms with Gasteiger partial charge in [0.05, 0.1) is 20.3 Å². The fourth-order valence-electron chi connectivity index (χ4n) is 1.80. The Morgan fingerprint density at radius 1 is 1.24 bits per heavy atom. The molecule has 1 aromatic rings. The molecule has 3 N–H and O–H groups in total. The van der Waals surface area contributed by atoms with Gasteiger partial charge in [0, 0.05) is 6.54 Å². The van der Waals surface area contributed by atoms with Crippen LogP contribution < -0.4 is 15.2 Å². The van der Waals surface area contributed by atoms with Crippen molar-refractivity contribution in [2.24, 2.45) is 5.73 Å². The lowest BCUT2D eigenvalue weighted by atomic mass is 9.94. The number of aliphatic hydroxyl groups excluding tert-OH is 1. The van der Waals surface area contributed by atoms with Crippen molar-refractivity contribution < 1.29 is 14.6 Å². The van der Waals surface area contributed by atoms with Crippen LogP contribution in [0.15, 0.2) is 18.2 Å². The lowest BCUT2D eigenvalue weighted by Crippen LogP contribution is -2.21. The molecule has 0 aliphatic heterocycles. The minimum atomic E-state index is -0.460. The Morgan fingerprint density at radius 3 is 2.41 bits per heavy atom. The predicted octanol–water partition coefficient (Wildman–Crippen LogP) is 1.52. The molecule has 2 unspecified atom stereocenters. The van der Waals surface area contributed by atoms with Crippen molar-refractivity contribution in [3.63, 3.8) is 0 Å². The number of rotatable bonds is 6. The van der Waals surface area contributed by atoms with Gasteiger partial charge in [-0.25, -0.2) is 0 Å². The maximum absolute atomic E-state index is 9.54. The Bertz CT molecular complexity index is 355. The first-order valence-corrected chi connectivity index (χ1v) is 5.72. The van der Waals surface area contributed by atoms with Crippen molar-refractivity contribution in [3.8, 4) is 11.5 Å². The van der Waals surface area contributed by atoms with Gasteiger partial charge < -0.3 is 20.3 Å². The molecule has 0 fully saturated rings. The molecule has 0 bridgehead atoms. The third-order valence-corrected chi connectivity index (χ3v) is 2.87. The molecule has 0 aliphatic rings. The maximum atomic E-state index is 9.54. The molecule has 1 rings (SSSR count). The van der Waals surface area contributed by atoms with Gasteiger partial charge in [0.25, 0.3) is 0 Å². The first-order chi connectivity index (χ1) is 8.12. The molecule has 1 aromatic carbocycles. The molecule has 0 aliphatic carbocycles. The van der Waals surface area contributed by atoms with Gasteiger partial charge in [-0.3, -0.25) is 0 Å². The lowest BCUT2D eigenvalue weighted by Gasteiger charge is -2.17. The summed E-state index contributed by atoms with van der Waals surface area (Å²) >= 11 is 0. The zero-order valence-electron chi connectivity index (χ0n) is 10.6. The standard InChI is InChI=1S/C13H21NO3/c1-9(6-11(15)8-14)10-4-5-12(16-2)13(7-10)17-3/h4-5,7,9,11,15H,6,8,14H2,1-3H3. The van der Waals surface area contributed by atoms with Crippen molar-refractivity contribution in [1.29, 1.82) is 0 Å². The van der Waals surface area contributed by atoms with E-state index in [1.807, 2.05) is 18.2 Å². The van der Waals surface area contributed by atoms with E-state index in [1.165, 1.54) is 0 Å². The molecule has 0 aromatic heterocycles. The highest BCUT2D eigenvalue weighted by Gasteiger charge is 2.13. The van der Waals surface area contributed by atoms with E-state index in [2.05, 4.69) is 6.92 Å². The number of methoxy groups -OCH3 is 2. The van der Waals surface area contributed by atoms with Crippen molar-refractivity contribution >= 4 is 0 Å². The highest BCUT2D eigenvalue weighted by atomic mass is 16.5. The summed E-state index contributed by atoms with van der Waals surface area (Å²) in [5.41, 5.74) is 6.51. The van der Waals surface area contributed by atoms with Gasteiger partial charge in [-0.15, -0.1) is 0 Å². The number of benzene rings is 1. The summed E-state index contributed by atoms with van der Waals surface area (Å²) in [7, 11) is 3.22. The van der Waals surface area contributed by atoms with Gasteiger partial charge in [0.15, 0.2) is 11.5 Å². The smallest absolute Gasteiger partial charge is 0.160 e. The van der Waals surface area contributed by atoms with E-state index in [9.17, 15) is 5.11 Å². The summed E-state index contributed by atoms with van der Waals surface area (Å²) < 4.78 is 10.4. The van der Waals surface area contributed by atoms with Crippen LogP contribution in [0.1, 0.15) is 24.8 Å². The van der Waals surface area contributed by atoms with Crippen LogP contribution in [0.2, 0.25) is 0 Å². The summed E-state index contributed by atoms with van der Waals surface area (Å²) in [5, 5.41) is 9.54. The molecule has 0 heterocycles. The fourth-order valence-corrected chi connectivity index (χ4v) is 1.80. The summed E-state index contributed by atoms with van der Waals surface area (Å²) in [6.07, 6.45) is 0.185. The van der Waals surface area contributed by atoms with E-state index < -0.39 is 6.10 Å². The van der Waals surface area contributed by atoms with Crippen LogP contribution >= 0.6 is 0 Å². The van der Waals surface area contributed by atoms with Crippen LogP contribution in [0, 0.1) is 0 Å². The minimum Gasteiger partial charge on any atom is -0.493 e. The molecule has 0 amide bonds. The molecule has 96 valence electrons. The second-order valence-corrected chi connectivity index (χ2v) is 4.14. The number of ether oxygens (including phenoxy) is 2. The number of hydrogen-bond acceptors (Lipinski definition) is 4. The Labute approximate surface area is 102 Å². The molecular weight excluding hydrogens is 218 g/mol. The van der Waals surface area contributed by atoms with E-state index in [-0.39, 0.29) is 12.5 Å². The van der Waals surface area contributed by atoms with E-state index >= 15 is 0 Å². The summed E-state index contributed by atoms with van der Waals surface area (Å²) in [4.78, 5) is 0. The van der Waals surface area contributed by atoms with Crippen LogP contribution in [0.3, 0.4) is 0 Å². The largest absolute Gasteiger partial charge is 0.493 e. The van der Waals surface area contributed by atoms with Gasteiger partial charge in [0.2, 0.25) is 0 Å². The molecular formula is C13H21NO3. The summed E-state index contributed by atoms with van der Waals surface area (Å²) in [6.45, 7) is 2.34. The van der Waals surface area contributed by atoms with Crippen LogP contribution in [-0.4, -0.2) is 32.0 Å². The lowest BCUT2D eigenvalue weighted by molar-refractivity contribution is 0.165. The quantitative estimate of drug-likeness (QED) is 0.790. The average molecular weight is 239 g/mol. The highest BCUT2D eigenvalue weighted by Crippen LogP contribution is 2.31. The normalized spacial score (nSPS) is 14.2.